The van der Waals surface area contributed by atoms with E-state index in [2.05, 4.69) is 5.32 Å². The van der Waals surface area contributed by atoms with Crippen molar-refractivity contribution in [3.8, 4) is 0 Å². The summed E-state index contributed by atoms with van der Waals surface area (Å²) >= 11 is 0. The molecule has 3 atom stereocenters. The molecule has 0 bridgehead atoms. The van der Waals surface area contributed by atoms with Crippen LogP contribution in [0, 0.1) is 5.92 Å². The van der Waals surface area contributed by atoms with Crippen molar-refractivity contribution in [2.45, 2.75) is 24.9 Å². The maximum atomic E-state index is 5.71. The highest BCUT2D eigenvalue weighted by Gasteiger charge is 2.48. The highest BCUT2D eigenvalue weighted by molar-refractivity contribution is 5.08. The molecule has 0 aromatic heterocycles. The Bertz CT molecular complexity index is 90.7. The van der Waals surface area contributed by atoms with Crippen LogP contribution in [0.5, 0.6) is 0 Å². The second-order valence-corrected chi connectivity index (χ2v) is 2.86. The van der Waals surface area contributed by atoms with Crippen LogP contribution in [-0.2, 0) is 0 Å². The van der Waals surface area contributed by atoms with Crippen molar-refractivity contribution in [2.75, 3.05) is 6.54 Å². The Balaban J connectivity index is 1.97. The van der Waals surface area contributed by atoms with Crippen molar-refractivity contribution in [1.29, 1.82) is 0 Å². The first-order valence-corrected chi connectivity index (χ1v) is 3.38. The maximum absolute atomic E-state index is 5.71. The van der Waals surface area contributed by atoms with E-state index in [9.17, 15) is 0 Å². The quantitative estimate of drug-likeness (QED) is 0.451. The minimum atomic E-state index is 0.498. The predicted octanol–water partition coefficient (Wildman–Crippen LogP) is -0.305. The van der Waals surface area contributed by atoms with Crippen molar-refractivity contribution in [1.82, 2.24) is 5.32 Å². The summed E-state index contributed by atoms with van der Waals surface area (Å²) in [5.41, 5.74) is 5.71. The lowest BCUT2D eigenvalue weighted by Gasteiger charge is -2.07. The molecule has 1 saturated heterocycles. The Morgan fingerprint density at radius 1 is 1.50 bits per heavy atom. The van der Waals surface area contributed by atoms with Gasteiger partial charge in [-0.05, 0) is 25.3 Å². The zero-order chi connectivity index (χ0) is 5.56. The average Bonchev–Trinajstić information content (AvgIpc) is 2.46. The monoisotopic (exact) mass is 112 g/mol. The first kappa shape index (κ1) is 4.77. The van der Waals surface area contributed by atoms with Crippen LogP contribution in [0.3, 0.4) is 0 Å². The zero-order valence-electron chi connectivity index (χ0n) is 4.93. The highest BCUT2D eigenvalue weighted by Crippen LogP contribution is 2.35. The second-order valence-electron chi connectivity index (χ2n) is 2.86. The summed E-state index contributed by atoms with van der Waals surface area (Å²) in [6, 6.07) is 1.20. The topological polar surface area (TPSA) is 38.0 Å². The van der Waals surface area contributed by atoms with Crippen LogP contribution in [0.15, 0.2) is 0 Å². The van der Waals surface area contributed by atoms with Gasteiger partial charge in [0.25, 0.3) is 0 Å². The number of hydrogen-bond donors (Lipinski definition) is 2. The lowest BCUT2D eigenvalue weighted by atomic mass is 10.2. The Hall–Kier alpha value is -0.0800. The first-order chi connectivity index (χ1) is 3.89. The van der Waals surface area contributed by atoms with E-state index >= 15 is 0 Å². The van der Waals surface area contributed by atoms with Gasteiger partial charge in [0.1, 0.15) is 0 Å². The lowest BCUT2D eigenvalue weighted by Crippen LogP contribution is -2.25. The highest BCUT2D eigenvalue weighted by atomic mass is 15.1. The Labute approximate surface area is 49.4 Å². The summed E-state index contributed by atoms with van der Waals surface area (Å²) in [7, 11) is 0. The molecule has 1 aliphatic carbocycles. The number of rotatable bonds is 0. The number of piperidine rings is 1. The van der Waals surface area contributed by atoms with Gasteiger partial charge in [0.15, 0.2) is 0 Å². The molecular weight excluding hydrogens is 100 g/mol. The molecule has 0 spiro atoms. The van der Waals surface area contributed by atoms with Crippen molar-refractivity contribution in [2.24, 2.45) is 11.7 Å². The van der Waals surface area contributed by atoms with Gasteiger partial charge in [-0.25, -0.2) is 0 Å². The predicted molar refractivity (Wildman–Crippen MR) is 32.5 cm³/mol. The summed E-state index contributed by atoms with van der Waals surface area (Å²) < 4.78 is 0. The fourth-order valence-electron chi connectivity index (χ4n) is 1.67. The molecule has 0 aromatic carbocycles. The molecule has 1 aliphatic heterocycles. The fraction of sp³-hybridized carbons (Fsp3) is 1.00. The molecule has 1 unspecified atom stereocenters. The smallest absolute Gasteiger partial charge is 0.0265 e. The zero-order valence-corrected chi connectivity index (χ0v) is 4.93. The molecule has 2 fully saturated rings. The van der Waals surface area contributed by atoms with Gasteiger partial charge in [-0.3, -0.25) is 0 Å². The van der Waals surface area contributed by atoms with Gasteiger partial charge in [-0.1, -0.05) is 0 Å². The Morgan fingerprint density at radius 2 is 2.38 bits per heavy atom. The standard InChI is InChI=1S/C6H12N2/c7-5-4-2-1-3-8-6(4)5/h4-6,8H,1-3,7H2/t4-,5?,6-/m1/s1. The number of fused-ring (bicyclic) bond motifs is 1. The van der Waals surface area contributed by atoms with Crippen LogP contribution < -0.4 is 11.1 Å². The van der Waals surface area contributed by atoms with Crippen LogP contribution in [-0.4, -0.2) is 18.6 Å². The third-order valence-corrected chi connectivity index (χ3v) is 2.32. The molecule has 1 heterocycles. The lowest BCUT2D eigenvalue weighted by molar-refractivity contribution is 0.505. The maximum Gasteiger partial charge on any atom is 0.0265 e. The van der Waals surface area contributed by atoms with Crippen LogP contribution in [0.4, 0.5) is 0 Å². The van der Waals surface area contributed by atoms with Crippen LogP contribution in [0.2, 0.25) is 0 Å². The molecule has 0 radical (unpaired) electrons. The van der Waals surface area contributed by atoms with E-state index in [0.717, 1.165) is 5.92 Å². The molecule has 0 amide bonds. The van der Waals surface area contributed by atoms with Gasteiger partial charge in [0.2, 0.25) is 0 Å². The Morgan fingerprint density at radius 3 is 2.88 bits per heavy atom. The molecule has 3 N–H and O–H groups in total. The summed E-state index contributed by atoms with van der Waals surface area (Å²) in [6.45, 7) is 1.19. The normalized spacial score (nSPS) is 52.9. The fourth-order valence-corrected chi connectivity index (χ4v) is 1.67. The van der Waals surface area contributed by atoms with E-state index in [0.29, 0.717) is 12.1 Å². The summed E-state index contributed by atoms with van der Waals surface area (Å²) in [6.07, 6.45) is 2.69. The van der Waals surface area contributed by atoms with Crippen LogP contribution in [0.25, 0.3) is 0 Å². The molecule has 1 saturated carbocycles. The van der Waals surface area contributed by atoms with Crippen molar-refractivity contribution in [3.05, 3.63) is 0 Å². The van der Waals surface area contributed by atoms with Gasteiger partial charge >= 0.3 is 0 Å². The minimum Gasteiger partial charge on any atom is -0.326 e. The van der Waals surface area contributed by atoms with Gasteiger partial charge in [-0.2, -0.15) is 0 Å². The molecule has 2 rings (SSSR count). The molecular formula is C6H12N2. The minimum absolute atomic E-state index is 0.498. The molecule has 2 nitrogen and oxygen atoms in total. The third-order valence-electron chi connectivity index (χ3n) is 2.32. The molecule has 8 heavy (non-hydrogen) atoms. The average molecular weight is 112 g/mol. The Kier molecular flexibility index (Phi) is 0.866. The van der Waals surface area contributed by atoms with Crippen molar-refractivity contribution in [3.63, 3.8) is 0 Å². The van der Waals surface area contributed by atoms with E-state index < -0.39 is 0 Å². The van der Waals surface area contributed by atoms with Gasteiger partial charge in [0, 0.05) is 12.1 Å². The summed E-state index contributed by atoms with van der Waals surface area (Å²) in [4.78, 5) is 0. The largest absolute Gasteiger partial charge is 0.326 e. The third kappa shape index (κ3) is 0.501. The summed E-state index contributed by atoms with van der Waals surface area (Å²) in [5, 5.41) is 3.38. The van der Waals surface area contributed by atoms with Crippen molar-refractivity contribution >= 4 is 0 Å². The number of hydrogen-bond acceptors (Lipinski definition) is 2. The van der Waals surface area contributed by atoms with Gasteiger partial charge < -0.3 is 11.1 Å². The number of nitrogens with one attached hydrogen (secondary N) is 1. The van der Waals surface area contributed by atoms with Crippen LogP contribution >= 0.6 is 0 Å². The van der Waals surface area contributed by atoms with Gasteiger partial charge in [-0.15, -0.1) is 0 Å². The molecule has 46 valence electrons. The molecule has 2 heteroatoms. The second kappa shape index (κ2) is 1.45. The number of nitrogens with two attached hydrogens (primary N) is 1. The molecule has 2 aliphatic rings. The first-order valence-electron chi connectivity index (χ1n) is 3.38. The van der Waals surface area contributed by atoms with E-state index in [1.54, 1.807) is 0 Å². The van der Waals surface area contributed by atoms with Gasteiger partial charge in [0.05, 0.1) is 0 Å². The van der Waals surface area contributed by atoms with E-state index in [1.165, 1.54) is 19.4 Å². The van der Waals surface area contributed by atoms with Crippen molar-refractivity contribution < 1.29 is 0 Å². The van der Waals surface area contributed by atoms with Crippen LogP contribution in [0.1, 0.15) is 12.8 Å². The van der Waals surface area contributed by atoms with E-state index in [4.69, 9.17) is 5.73 Å². The van der Waals surface area contributed by atoms with E-state index in [-0.39, 0.29) is 0 Å². The molecule has 0 aromatic rings. The SMILES string of the molecule is NC1[C@H]2CCCN[C@@H]12. The van der Waals surface area contributed by atoms with E-state index in [1.807, 2.05) is 0 Å². The summed E-state index contributed by atoms with van der Waals surface area (Å²) in [5.74, 6) is 0.837.